The second-order valence-corrected chi connectivity index (χ2v) is 3.88. The normalized spacial score (nSPS) is 11.1. The van der Waals surface area contributed by atoms with Gasteiger partial charge >= 0.3 is 6.18 Å². The zero-order chi connectivity index (χ0) is 14.0. The molecule has 0 fully saturated rings. The molecule has 2 aromatic rings. The summed E-state index contributed by atoms with van der Waals surface area (Å²) in [5.74, 6) is -0.696. The molecule has 0 aliphatic heterocycles. The van der Waals surface area contributed by atoms with E-state index in [0.717, 1.165) is 18.2 Å². The van der Waals surface area contributed by atoms with Crippen molar-refractivity contribution in [3.05, 3.63) is 59.4 Å². The summed E-state index contributed by atoms with van der Waals surface area (Å²) < 4.78 is 50.9. The number of hydrogen-bond acceptors (Lipinski definition) is 1. The summed E-state index contributed by atoms with van der Waals surface area (Å²) in [6, 6.07) is 9.95. The first-order chi connectivity index (χ1) is 8.91. The standard InChI is InChI=1S/C14H7F4N/c15-13-5-4-10(6-11(13)8-19)9-2-1-3-12(7-9)14(16,17)18/h1-7H. The van der Waals surface area contributed by atoms with Crippen LogP contribution in [0, 0.1) is 17.1 Å². The Balaban J connectivity index is 2.51. The molecule has 0 saturated heterocycles. The van der Waals surface area contributed by atoms with Gasteiger partial charge in [0.25, 0.3) is 0 Å². The minimum atomic E-state index is -4.44. The Hall–Kier alpha value is -2.35. The SMILES string of the molecule is N#Cc1cc(-c2cccc(C(F)(F)F)c2)ccc1F. The summed E-state index contributed by atoms with van der Waals surface area (Å²) in [6.45, 7) is 0. The highest BCUT2D eigenvalue weighted by molar-refractivity contribution is 5.66. The van der Waals surface area contributed by atoms with Gasteiger partial charge in [-0.05, 0) is 35.4 Å². The topological polar surface area (TPSA) is 23.8 Å². The number of benzene rings is 2. The van der Waals surface area contributed by atoms with Crippen molar-refractivity contribution in [1.82, 2.24) is 0 Å². The van der Waals surface area contributed by atoms with Gasteiger partial charge in [-0.15, -0.1) is 0 Å². The smallest absolute Gasteiger partial charge is 0.206 e. The van der Waals surface area contributed by atoms with Crippen molar-refractivity contribution in [2.45, 2.75) is 6.18 Å². The van der Waals surface area contributed by atoms with Crippen LogP contribution in [-0.2, 0) is 6.18 Å². The monoisotopic (exact) mass is 265 g/mol. The molecule has 2 aromatic carbocycles. The third-order valence-electron chi connectivity index (χ3n) is 2.61. The Kier molecular flexibility index (Phi) is 3.26. The predicted molar refractivity (Wildman–Crippen MR) is 61.6 cm³/mol. The molecule has 0 heterocycles. The largest absolute Gasteiger partial charge is 0.416 e. The van der Waals surface area contributed by atoms with Crippen molar-refractivity contribution in [2.24, 2.45) is 0 Å². The highest BCUT2D eigenvalue weighted by Gasteiger charge is 2.30. The van der Waals surface area contributed by atoms with Crippen molar-refractivity contribution in [3.63, 3.8) is 0 Å². The van der Waals surface area contributed by atoms with Gasteiger partial charge in [-0.2, -0.15) is 18.4 Å². The fourth-order valence-electron chi connectivity index (χ4n) is 1.67. The molecule has 0 N–H and O–H groups in total. The van der Waals surface area contributed by atoms with Gasteiger partial charge in [0.1, 0.15) is 11.9 Å². The quantitative estimate of drug-likeness (QED) is 0.702. The molecule has 0 bridgehead atoms. The van der Waals surface area contributed by atoms with Crippen molar-refractivity contribution >= 4 is 0 Å². The van der Waals surface area contributed by atoms with E-state index in [4.69, 9.17) is 5.26 Å². The predicted octanol–water partition coefficient (Wildman–Crippen LogP) is 4.38. The van der Waals surface area contributed by atoms with Gasteiger partial charge in [0.05, 0.1) is 11.1 Å². The molecule has 0 saturated carbocycles. The Bertz CT molecular complexity index is 653. The number of alkyl halides is 3. The van der Waals surface area contributed by atoms with E-state index in [1.807, 2.05) is 0 Å². The fraction of sp³-hybridized carbons (Fsp3) is 0.0714. The molecule has 19 heavy (non-hydrogen) atoms. The lowest BCUT2D eigenvalue weighted by Gasteiger charge is -2.09. The molecule has 0 amide bonds. The maximum atomic E-state index is 13.2. The summed E-state index contributed by atoms with van der Waals surface area (Å²) >= 11 is 0. The summed E-state index contributed by atoms with van der Waals surface area (Å²) in [5, 5.41) is 8.70. The molecule has 1 nitrogen and oxygen atoms in total. The Morgan fingerprint density at radius 1 is 0.947 bits per heavy atom. The summed E-state index contributed by atoms with van der Waals surface area (Å²) in [4.78, 5) is 0. The molecule has 0 unspecified atom stereocenters. The van der Waals surface area contributed by atoms with Crippen LogP contribution in [0.15, 0.2) is 42.5 Å². The van der Waals surface area contributed by atoms with Gasteiger partial charge in [-0.25, -0.2) is 4.39 Å². The first-order valence-electron chi connectivity index (χ1n) is 5.29. The van der Waals surface area contributed by atoms with E-state index in [9.17, 15) is 17.6 Å². The molecule has 0 aliphatic rings. The molecule has 2 rings (SSSR count). The highest BCUT2D eigenvalue weighted by atomic mass is 19.4. The maximum absolute atomic E-state index is 13.2. The van der Waals surface area contributed by atoms with Gasteiger partial charge < -0.3 is 0 Å². The number of hydrogen-bond donors (Lipinski definition) is 0. The second kappa shape index (κ2) is 4.73. The first-order valence-corrected chi connectivity index (χ1v) is 5.29. The van der Waals surface area contributed by atoms with E-state index in [-0.39, 0.29) is 11.1 Å². The van der Waals surface area contributed by atoms with Gasteiger partial charge in [0.2, 0.25) is 0 Å². The molecular weight excluding hydrogens is 258 g/mol. The summed E-state index contributed by atoms with van der Waals surface area (Å²) in [6.07, 6.45) is -4.44. The highest BCUT2D eigenvalue weighted by Crippen LogP contribution is 2.32. The minimum absolute atomic E-state index is 0.199. The van der Waals surface area contributed by atoms with E-state index < -0.39 is 17.6 Å². The van der Waals surface area contributed by atoms with Crippen molar-refractivity contribution in [3.8, 4) is 17.2 Å². The third-order valence-corrected chi connectivity index (χ3v) is 2.61. The number of rotatable bonds is 1. The molecule has 0 aromatic heterocycles. The zero-order valence-corrected chi connectivity index (χ0v) is 9.50. The van der Waals surface area contributed by atoms with Crippen molar-refractivity contribution in [2.75, 3.05) is 0 Å². The molecule has 0 atom stereocenters. The van der Waals surface area contributed by atoms with Gasteiger partial charge in [0.15, 0.2) is 0 Å². The first kappa shape index (κ1) is 13.1. The molecule has 5 heteroatoms. The van der Waals surface area contributed by atoms with Crippen LogP contribution in [0.5, 0.6) is 0 Å². The zero-order valence-electron chi connectivity index (χ0n) is 9.50. The van der Waals surface area contributed by atoms with Crippen LogP contribution in [0.25, 0.3) is 11.1 Å². The van der Waals surface area contributed by atoms with Gasteiger partial charge in [-0.3, -0.25) is 0 Å². The lowest BCUT2D eigenvalue weighted by Crippen LogP contribution is -2.04. The molecule has 96 valence electrons. The maximum Gasteiger partial charge on any atom is 0.416 e. The van der Waals surface area contributed by atoms with Crippen molar-refractivity contribution in [1.29, 1.82) is 5.26 Å². The van der Waals surface area contributed by atoms with Crippen LogP contribution in [0.2, 0.25) is 0 Å². The number of nitrogens with zero attached hydrogens (tertiary/aromatic N) is 1. The lowest BCUT2D eigenvalue weighted by atomic mass is 10.0. The van der Waals surface area contributed by atoms with E-state index in [2.05, 4.69) is 0 Å². The number of halogens is 4. The summed E-state index contributed by atoms with van der Waals surface area (Å²) in [7, 11) is 0. The Labute approximate surface area is 106 Å². The van der Waals surface area contributed by atoms with Crippen LogP contribution in [-0.4, -0.2) is 0 Å². The Morgan fingerprint density at radius 2 is 1.63 bits per heavy atom. The van der Waals surface area contributed by atoms with Gasteiger partial charge in [-0.1, -0.05) is 18.2 Å². The summed E-state index contributed by atoms with van der Waals surface area (Å²) in [5.41, 5.74) is -0.335. The van der Waals surface area contributed by atoms with Crippen LogP contribution in [0.3, 0.4) is 0 Å². The minimum Gasteiger partial charge on any atom is -0.206 e. The average Bonchev–Trinajstić information content (AvgIpc) is 2.38. The van der Waals surface area contributed by atoms with Crippen LogP contribution >= 0.6 is 0 Å². The van der Waals surface area contributed by atoms with Crippen molar-refractivity contribution < 1.29 is 17.6 Å². The third kappa shape index (κ3) is 2.74. The van der Waals surface area contributed by atoms with Crippen LogP contribution < -0.4 is 0 Å². The molecule has 0 radical (unpaired) electrons. The Morgan fingerprint density at radius 3 is 2.26 bits per heavy atom. The fourth-order valence-corrected chi connectivity index (χ4v) is 1.67. The van der Waals surface area contributed by atoms with E-state index >= 15 is 0 Å². The van der Waals surface area contributed by atoms with E-state index in [1.54, 1.807) is 6.07 Å². The lowest BCUT2D eigenvalue weighted by molar-refractivity contribution is -0.137. The second-order valence-electron chi connectivity index (χ2n) is 3.88. The molecular formula is C14H7F4N. The van der Waals surface area contributed by atoms with E-state index in [1.165, 1.54) is 24.3 Å². The van der Waals surface area contributed by atoms with E-state index in [0.29, 0.717) is 5.56 Å². The number of nitriles is 1. The molecule has 0 spiro atoms. The average molecular weight is 265 g/mol. The molecule has 0 aliphatic carbocycles. The van der Waals surface area contributed by atoms with Crippen LogP contribution in [0.4, 0.5) is 17.6 Å². The van der Waals surface area contributed by atoms with Gasteiger partial charge in [0, 0.05) is 0 Å². The van der Waals surface area contributed by atoms with Crippen LogP contribution in [0.1, 0.15) is 11.1 Å².